The van der Waals surface area contributed by atoms with Gasteiger partial charge in [-0.15, -0.1) is 0 Å². The van der Waals surface area contributed by atoms with Gasteiger partial charge < -0.3 is 25.3 Å². The van der Waals surface area contributed by atoms with Gasteiger partial charge in [0, 0.05) is 31.2 Å². The number of carbonyl (C=O) groups excluding carboxylic acids is 2. The van der Waals surface area contributed by atoms with Gasteiger partial charge in [0.15, 0.2) is 0 Å². The number of rotatable bonds is 11. The van der Waals surface area contributed by atoms with Crippen molar-refractivity contribution in [3.05, 3.63) is 33.9 Å². The lowest BCUT2D eigenvalue weighted by molar-refractivity contribution is -0.384. The number of methoxy groups -OCH3 is 2. The summed E-state index contributed by atoms with van der Waals surface area (Å²) in [5.74, 6) is -0.967. The van der Waals surface area contributed by atoms with Crippen LogP contribution in [0.3, 0.4) is 0 Å². The zero-order valence-corrected chi connectivity index (χ0v) is 14.0. The summed E-state index contributed by atoms with van der Waals surface area (Å²) in [6.45, 7) is 0.292. The Bertz CT molecular complexity index is 621. The third-order valence-electron chi connectivity index (χ3n) is 3.24. The fourth-order valence-electron chi connectivity index (χ4n) is 2.02. The van der Waals surface area contributed by atoms with E-state index in [2.05, 4.69) is 5.32 Å². The number of benzene rings is 1. The Kier molecular flexibility index (Phi) is 8.30. The van der Waals surface area contributed by atoms with Gasteiger partial charge in [0.1, 0.15) is 18.4 Å². The van der Waals surface area contributed by atoms with Crippen molar-refractivity contribution in [3.63, 3.8) is 0 Å². The summed E-state index contributed by atoms with van der Waals surface area (Å²) in [5.41, 5.74) is 5.53. The Balaban J connectivity index is 2.80. The Labute approximate surface area is 144 Å². The van der Waals surface area contributed by atoms with Crippen molar-refractivity contribution in [3.8, 4) is 5.75 Å². The molecule has 0 radical (unpaired) electrons. The van der Waals surface area contributed by atoms with Crippen molar-refractivity contribution < 1.29 is 28.7 Å². The predicted octanol–water partition coefficient (Wildman–Crippen LogP) is -0.221. The number of non-ortho nitro benzene ring substituents is 1. The van der Waals surface area contributed by atoms with Crippen molar-refractivity contribution in [2.45, 2.75) is 12.5 Å². The molecule has 138 valence electrons. The van der Waals surface area contributed by atoms with Crippen LogP contribution >= 0.6 is 0 Å². The van der Waals surface area contributed by atoms with Gasteiger partial charge in [-0.05, 0) is 6.07 Å². The summed E-state index contributed by atoms with van der Waals surface area (Å²) in [4.78, 5) is 33.8. The molecule has 0 aromatic heterocycles. The number of carbonyl (C=O) groups is 2. The average molecular weight is 355 g/mol. The quantitative estimate of drug-likeness (QED) is 0.317. The maximum Gasteiger partial charge on any atom is 0.269 e. The topological polar surface area (TPSA) is 143 Å². The lowest BCUT2D eigenvalue weighted by Gasteiger charge is -2.17. The van der Waals surface area contributed by atoms with E-state index in [0.717, 1.165) is 0 Å². The summed E-state index contributed by atoms with van der Waals surface area (Å²) in [6.07, 6.45) is -0.0516. The average Bonchev–Trinajstić information content (AvgIpc) is 2.57. The standard InChI is InChI=1S/C15H21N3O7/c1-23-5-6-25-9-14(19)17-12(15(16)20)8-10-7-11(18(21)22)3-4-13(10)24-2/h3-4,7,12H,5-6,8-9H2,1-2H3,(H2,16,20)(H,17,19)/t12-/m0/s1. The molecule has 1 rings (SSSR count). The zero-order valence-electron chi connectivity index (χ0n) is 14.0. The van der Waals surface area contributed by atoms with Crippen molar-refractivity contribution >= 4 is 17.5 Å². The van der Waals surface area contributed by atoms with E-state index < -0.39 is 22.8 Å². The van der Waals surface area contributed by atoms with Crippen LogP contribution < -0.4 is 15.8 Å². The first-order valence-electron chi connectivity index (χ1n) is 7.35. The van der Waals surface area contributed by atoms with Crippen molar-refractivity contribution in [1.82, 2.24) is 5.32 Å². The van der Waals surface area contributed by atoms with Gasteiger partial charge in [-0.1, -0.05) is 0 Å². The number of primary amides is 1. The summed E-state index contributed by atoms with van der Waals surface area (Å²) in [5, 5.41) is 13.3. The van der Waals surface area contributed by atoms with Gasteiger partial charge in [-0.25, -0.2) is 0 Å². The molecule has 0 spiro atoms. The lowest BCUT2D eigenvalue weighted by atomic mass is 10.0. The first-order valence-corrected chi connectivity index (χ1v) is 7.35. The number of hydrogen-bond acceptors (Lipinski definition) is 7. The van der Waals surface area contributed by atoms with E-state index in [0.29, 0.717) is 17.9 Å². The van der Waals surface area contributed by atoms with Gasteiger partial charge >= 0.3 is 0 Å². The molecular weight excluding hydrogens is 334 g/mol. The monoisotopic (exact) mass is 355 g/mol. The molecule has 0 unspecified atom stereocenters. The van der Waals surface area contributed by atoms with Crippen LogP contribution in [-0.2, 0) is 25.5 Å². The number of nitrogens with zero attached hydrogens (tertiary/aromatic N) is 1. The zero-order chi connectivity index (χ0) is 18.8. The highest BCUT2D eigenvalue weighted by atomic mass is 16.6. The number of nitro benzene ring substituents is 1. The van der Waals surface area contributed by atoms with Crippen molar-refractivity contribution in [2.24, 2.45) is 5.73 Å². The number of nitro groups is 1. The van der Waals surface area contributed by atoms with Crippen LogP contribution in [0.25, 0.3) is 0 Å². The maximum absolute atomic E-state index is 11.8. The molecule has 0 heterocycles. The molecule has 3 N–H and O–H groups in total. The van der Waals surface area contributed by atoms with E-state index in [1.165, 1.54) is 32.4 Å². The lowest BCUT2D eigenvalue weighted by Crippen LogP contribution is -2.47. The highest BCUT2D eigenvalue weighted by molar-refractivity contribution is 5.87. The maximum atomic E-state index is 11.8. The van der Waals surface area contributed by atoms with Crippen LogP contribution in [0.2, 0.25) is 0 Å². The van der Waals surface area contributed by atoms with Crippen LogP contribution in [-0.4, -0.2) is 56.8 Å². The van der Waals surface area contributed by atoms with E-state index in [1.54, 1.807) is 0 Å². The van der Waals surface area contributed by atoms with Crippen LogP contribution in [0, 0.1) is 10.1 Å². The largest absolute Gasteiger partial charge is 0.496 e. The summed E-state index contributed by atoms with van der Waals surface area (Å²) in [7, 11) is 2.89. The fraction of sp³-hybridized carbons (Fsp3) is 0.467. The van der Waals surface area contributed by atoms with Gasteiger partial charge in [-0.2, -0.15) is 0 Å². The van der Waals surface area contributed by atoms with Crippen molar-refractivity contribution in [2.75, 3.05) is 34.0 Å². The van der Waals surface area contributed by atoms with Gasteiger partial charge in [-0.3, -0.25) is 19.7 Å². The highest BCUT2D eigenvalue weighted by Gasteiger charge is 2.22. The number of nitrogens with one attached hydrogen (secondary N) is 1. The van der Waals surface area contributed by atoms with E-state index in [9.17, 15) is 19.7 Å². The number of nitrogens with two attached hydrogens (primary N) is 1. The predicted molar refractivity (Wildman–Crippen MR) is 87.2 cm³/mol. The fourth-order valence-corrected chi connectivity index (χ4v) is 2.02. The second-order valence-electron chi connectivity index (χ2n) is 5.03. The molecule has 1 aromatic carbocycles. The van der Waals surface area contributed by atoms with E-state index >= 15 is 0 Å². The minimum Gasteiger partial charge on any atom is -0.496 e. The Hall–Kier alpha value is -2.72. The Morgan fingerprint density at radius 3 is 2.60 bits per heavy atom. The molecule has 0 bridgehead atoms. The van der Waals surface area contributed by atoms with E-state index in [-0.39, 0.29) is 25.3 Å². The first-order chi connectivity index (χ1) is 11.9. The third kappa shape index (κ3) is 6.73. The molecule has 0 aliphatic rings. The summed E-state index contributed by atoms with van der Waals surface area (Å²) >= 11 is 0. The van der Waals surface area contributed by atoms with Crippen LogP contribution in [0.5, 0.6) is 5.75 Å². The normalized spacial score (nSPS) is 11.6. The van der Waals surface area contributed by atoms with Crippen LogP contribution in [0.4, 0.5) is 5.69 Å². The Morgan fingerprint density at radius 2 is 2.04 bits per heavy atom. The molecule has 25 heavy (non-hydrogen) atoms. The molecule has 10 nitrogen and oxygen atoms in total. The third-order valence-corrected chi connectivity index (χ3v) is 3.24. The number of amides is 2. The van der Waals surface area contributed by atoms with E-state index in [4.69, 9.17) is 19.9 Å². The molecular formula is C15H21N3O7. The minimum absolute atomic E-state index is 0.0516. The molecule has 0 saturated heterocycles. The molecule has 1 atom stereocenters. The number of hydrogen-bond donors (Lipinski definition) is 2. The van der Waals surface area contributed by atoms with Gasteiger partial charge in [0.2, 0.25) is 11.8 Å². The summed E-state index contributed by atoms with van der Waals surface area (Å²) < 4.78 is 15.0. The molecule has 0 fully saturated rings. The molecule has 10 heteroatoms. The van der Waals surface area contributed by atoms with Gasteiger partial charge in [0.05, 0.1) is 25.2 Å². The van der Waals surface area contributed by atoms with Crippen LogP contribution in [0.15, 0.2) is 18.2 Å². The molecule has 0 aliphatic heterocycles. The first kappa shape index (κ1) is 20.3. The second kappa shape index (κ2) is 10.2. The molecule has 0 aliphatic carbocycles. The molecule has 0 saturated carbocycles. The van der Waals surface area contributed by atoms with Crippen molar-refractivity contribution in [1.29, 1.82) is 0 Å². The SMILES string of the molecule is COCCOCC(=O)N[C@@H](Cc1cc([N+](=O)[O-])ccc1OC)C(N)=O. The van der Waals surface area contributed by atoms with Crippen LogP contribution in [0.1, 0.15) is 5.56 Å². The Morgan fingerprint density at radius 1 is 1.32 bits per heavy atom. The second-order valence-corrected chi connectivity index (χ2v) is 5.03. The number of ether oxygens (including phenoxy) is 3. The molecule has 1 aromatic rings. The smallest absolute Gasteiger partial charge is 0.269 e. The molecule has 2 amide bonds. The minimum atomic E-state index is -1.06. The summed E-state index contributed by atoms with van der Waals surface area (Å²) in [6, 6.07) is 2.91. The van der Waals surface area contributed by atoms with E-state index in [1.807, 2.05) is 0 Å². The highest BCUT2D eigenvalue weighted by Crippen LogP contribution is 2.25. The van der Waals surface area contributed by atoms with Gasteiger partial charge in [0.25, 0.3) is 5.69 Å².